The van der Waals surface area contributed by atoms with Crippen LogP contribution in [0.3, 0.4) is 0 Å². The third-order valence-electron chi connectivity index (χ3n) is 2.82. The highest BCUT2D eigenvalue weighted by Gasteiger charge is 2.10. The van der Waals surface area contributed by atoms with Crippen LogP contribution >= 0.6 is 11.6 Å². The van der Waals surface area contributed by atoms with Crippen LogP contribution in [0.15, 0.2) is 30.5 Å². The minimum atomic E-state index is -0.917. The molecule has 0 aliphatic heterocycles. The maximum Gasteiger partial charge on any atom is 0.221 e. The van der Waals surface area contributed by atoms with Crippen molar-refractivity contribution in [2.75, 3.05) is 5.32 Å². The van der Waals surface area contributed by atoms with Crippen molar-refractivity contribution in [2.45, 2.75) is 13.0 Å². The predicted molar refractivity (Wildman–Crippen MR) is 75.8 cm³/mol. The molecule has 0 aliphatic rings. The molecule has 7 heteroatoms. The molecule has 1 aromatic heterocycles. The molecule has 0 spiro atoms. The minimum Gasteiger partial charge on any atom is -0.380 e. The summed E-state index contributed by atoms with van der Waals surface area (Å²) in [5.41, 5.74) is 6.33. The molecule has 21 heavy (non-hydrogen) atoms. The third kappa shape index (κ3) is 3.88. The molecule has 1 aromatic carbocycles. The first-order valence-corrected chi connectivity index (χ1v) is 6.44. The Morgan fingerprint density at radius 3 is 2.81 bits per heavy atom. The zero-order valence-electron chi connectivity index (χ0n) is 10.9. The van der Waals surface area contributed by atoms with E-state index in [-0.39, 0.29) is 23.7 Å². The van der Waals surface area contributed by atoms with Crippen LogP contribution in [-0.2, 0) is 17.8 Å². The van der Waals surface area contributed by atoms with Gasteiger partial charge in [0.05, 0.1) is 6.42 Å². The Balaban J connectivity index is 2.21. The van der Waals surface area contributed by atoms with Crippen LogP contribution in [0.4, 0.5) is 14.5 Å². The Kier molecular flexibility index (Phi) is 4.70. The van der Waals surface area contributed by atoms with E-state index < -0.39 is 17.5 Å². The van der Waals surface area contributed by atoms with E-state index >= 15 is 0 Å². The standard InChI is InChI=1S/C14H12ClF2N3O/c15-12-5-11(9(7-20-12)4-13(18)21)19-6-8-2-1-3-10(16)14(8)17/h1-3,5,7H,4,6H2,(H2,18,21)(H,19,20). The van der Waals surface area contributed by atoms with Gasteiger partial charge in [-0.3, -0.25) is 4.79 Å². The van der Waals surface area contributed by atoms with Crippen LogP contribution < -0.4 is 11.1 Å². The van der Waals surface area contributed by atoms with E-state index in [2.05, 4.69) is 10.3 Å². The lowest BCUT2D eigenvalue weighted by Gasteiger charge is -2.12. The fraction of sp³-hybridized carbons (Fsp3) is 0.143. The summed E-state index contributed by atoms with van der Waals surface area (Å²) < 4.78 is 26.7. The first-order valence-electron chi connectivity index (χ1n) is 6.07. The second-order valence-corrected chi connectivity index (χ2v) is 4.76. The maximum atomic E-state index is 13.6. The van der Waals surface area contributed by atoms with Gasteiger partial charge in [-0.25, -0.2) is 13.8 Å². The number of hydrogen-bond donors (Lipinski definition) is 2. The second kappa shape index (κ2) is 6.49. The van der Waals surface area contributed by atoms with Crippen LogP contribution in [0.2, 0.25) is 5.15 Å². The summed E-state index contributed by atoms with van der Waals surface area (Å²) in [5.74, 6) is -2.36. The smallest absolute Gasteiger partial charge is 0.221 e. The molecule has 2 aromatic rings. The lowest BCUT2D eigenvalue weighted by Crippen LogP contribution is -2.15. The maximum absolute atomic E-state index is 13.6. The molecular formula is C14H12ClF2N3O. The van der Waals surface area contributed by atoms with Gasteiger partial charge in [0.2, 0.25) is 5.91 Å². The number of carbonyl (C=O) groups excluding carboxylic acids is 1. The van der Waals surface area contributed by atoms with E-state index in [0.29, 0.717) is 11.3 Å². The highest BCUT2D eigenvalue weighted by molar-refractivity contribution is 6.29. The number of halogens is 3. The Hall–Kier alpha value is -2.21. The van der Waals surface area contributed by atoms with E-state index in [4.69, 9.17) is 17.3 Å². The first kappa shape index (κ1) is 15.2. The number of amides is 1. The van der Waals surface area contributed by atoms with Gasteiger partial charge in [0, 0.05) is 29.6 Å². The summed E-state index contributed by atoms with van der Waals surface area (Å²) in [6, 6.07) is 5.42. The van der Waals surface area contributed by atoms with Gasteiger partial charge in [0.15, 0.2) is 11.6 Å². The number of rotatable bonds is 5. The van der Waals surface area contributed by atoms with E-state index in [9.17, 15) is 13.6 Å². The first-order chi connectivity index (χ1) is 9.97. The number of pyridine rings is 1. The number of aromatic nitrogens is 1. The van der Waals surface area contributed by atoms with Gasteiger partial charge in [-0.2, -0.15) is 0 Å². The topological polar surface area (TPSA) is 68.0 Å². The average molecular weight is 312 g/mol. The van der Waals surface area contributed by atoms with Crippen molar-refractivity contribution in [1.82, 2.24) is 4.98 Å². The summed E-state index contributed by atoms with van der Waals surface area (Å²) in [4.78, 5) is 14.9. The van der Waals surface area contributed by atoms with Crippen LogP contribution in [0, 0.1) is 11.6 Å². The molecule has 4 nitrogen and oxygen atoms in total. The van der Waals surface area contributed by atoms with Gasteiger partial charge in [0.1, 0.15) is 5.15 Å². The molecule has 2 rings (SSSR count). The van der Waals surface area contributed by atoms with Crippen LogP contribution in [0.25, 0.3) is 0 Å². The van der Waals surface area contributed by atoms with Crippen molar-refractivity contribution in [2.24, 2.45) is 5.73 Å². The zero-order valence-corrected chi connectivity index (χ0v) is 11.6. The van der Waals surface area contributed by atoms with Crippen molar-refractivity contribution >= 4 is 23.2 Å². The largest absolute Gasteiger partial charge is 0.380 e. The normalized spacial score (nSPS) is 10.4. The highest BCUT2D eigenvalue weighted by Crippen LogP contribution is 2.21. The number of nitrogens with two attached hydrogens (primary N) is 1. The molecule has 0 saturated heterocycles. The molecule has 0 unspecified atom stereocenters. The SMILES string of the molecule is NC(=O)Cc1cnc(Cl)cc1NCc1cccc(F)c1F. The molecule has 0 radical (unpaired) electrons. The summed E-state index contributed by atoms with van der Waals surface area (Å²) >= 11 is 5.79. The molecule has 0 bridgehead atoms. The number of nitrogens with one attached hydrogen (secondary N) is 1. The van der Waals surface area contributed by atoms with Gasteiger partial charge in [-0.15, -0.1) is 0 Å². The lowest BCUT2D eigenvalue weighted by atomic mass is 10.1. The van der Waals surface area contributed by atoms with Gasteiger partial charge in [-0.1, -0.05) is 23.7 Å². The molecule has 1 amide bonds. The molecule has 0 atom stereocenters. The Bertz CT molecular complexity index is 679. The molecule has 0 saturated carbocycles. The van der Waals surface area contributed by atoms with Crippen LogP contribution in [0.1, 0.15) is 11.1 Å². The summed E-state index contributed by atoms with van der Waals surface area (Å²) in [6.45, 7) is 0.0374. The Morgan fingerprint density at radius 2 is 2.10 bits per heavy atom. The van der Waals surface area contributed by atoms with Crippen molar-refractivity contribution in [3.8, 4) is 0 Å². The van der Waals surface area contributed by atoms with Crippen molar-refractivity contribution in [3.63, 3.8) is 0 Å². The Labute approximate surface area is 124 Å². The van der Waals surface area contributed by atoms with E-state index in [0.717, 1.165) is 6.07 Å². The molecule has 3 N–H and O–H groups in total. The summed E-state index contributed by atoms with van der Waals surface area (Å²) in [7, 11) is 0. The fourth-order valence-electron chi connectivity index (χ4n) is 1.83. The van der Waals surface area contributed by atoms with Crippen LogP contribution in [0.5, 0.6) is 0 Å². The van der Waals surface area contributed by atoms with Crippen molar-refractivity contribution in [1.29, 1.82) is 0 Å². The van der Waals surface area contributed by atoms with Crippen molar-refractivity contribution < 1.29 is 13.6 Å². The third-order valence-corrected chi connectivity index (χ3v) is 3.03. The quantitative estimate of drug-likeness (QED) is 0.834. The number of hydrogen-bond acceptors (Lipinski definition) is 3. The lowest BCUT2D eigenvalue weighted by molar-refractivity contribution is -0.117. The van der Waals surface area contributed by atoms with E-state index in [1.807, 2.05) is 0 Å². The van der Waals surface area contributed by atoms with Gasteiger partial charge >= 0.3 is 0 Å². The number of primary amides is 1. The van der Waals surface area contributed by atoms with Gasteiger partial charge in [-0.05, 0) is 12.1 Å². The highest BCUT2D eigenvalue weighted by atomic mass is 35.5. The monoisotopic (exact) mass is 311 g/mol. The number of anilines is 1. The molecule has 1 heterocycles. The molecule has 0 aliphatic carbocycles. The zero-order chi connectivity index (χ0) is 15.4. The van der Waals surface area contributed by atoms with Gasteiger partial charge < -0.3 is 11.1 Å². The Morgan fingerprint density at radius 1 is 1.33 bits per heavy atom. The van der Waals surface area contributed by atoms with Crippen LogP contribution in [-0.4, -0.2) is 10.9 Å². The molecule has 0 fully saturated rings. The predicted octanol–water partition coefficient (Wildman–Crippen LogP) is 2.65. The molecular weight excluding hydrogens is 300 g/mol. The van der Waals surface area contributed by atoms with Gasteiger partial charge in [0.25, 0.3) is 0 Å². The number of carbonyl (C=O) groups is 1. The second-order valence-electron chi connectivity index (χ2n) is 4.37. The number of nitrogens with zero attached hydrogens (tertiary/aromatic N) is 1. The summed E-state index contributed by atoms with van der Waals surface area (Å²) in [6.07, 6.45) is 1.38. The minimum absolute atomic E-state index is 0.0296. The number of benzene rings is 1. The molecule has 110 valence electrons. The average Bonchev–Trinajstić information content (AvgIpc) is 2.42. The van der Waals surface area contributed by atoms with E-state index in [1.54, 1.807) is 0 Å². The van der Waals surface area contributed by atoms with Crippen molar-refractivity contribution in [3.05, 3.63) is 58.4 Å². The van der Waals surface area contributed by atoms with E-state index in [1.165, 1.54) is 24.4 Å². The summed E-state index contributed by atoms with van der Waals surface area (Å²) in [5, 5.41) is 3.12. The fourth-order valence-corrected chi connectivity index (χ4v) is 1.98.